The van der Waals surface area contributed by atoms with E-state index in [0.717, 1.165) is 16.3 Å². The number of carbonyl (C=O) groups is 1. The maximum atomic E-state index is 11.9. The van der Waals surface area contributed by atoms with E-state index in [4.69, 9.17) is 0 Å². The number of carbonyl (C=O) groups excluding carboxylic acids is 1. The Balaban J connectivity index is 2.01. The molecule has 0 saturated heterocycles. The summed E-state index contributed by atoms with van der Waals surface area (Å²) in [4.78, 5) is 12.6. The summed E-state index contributed by atoms with van der Waals surface area (Å²) in [6, 6.07) is 11.4. The number of benzene rings is 1. The van der Waals surface area contributed by atoms with Crippen molar-refractivity contribution in [2.24, 2.45) is 0 Å². The Morgan fingerprint density at radius 2 is 1.68 bits per heavy atom. The van der Waals surface area contributed by atoms with Gasteiger partial charge in [-0.25, -0.2) is 0 Å². The van der Waals surface area contributed by atoms with Crippen LogP contribution in [0.1, 0.15) is 30.4 Å². The van der Waals surface area contributed by atoms with Gasteiger partial charge >= 0.3 is 0 Å². The van der Waals surface area contributed by atoms with Gasteiger partial charge in [0, 0.05) is 16.9 Å². The predicted molar refractivity (Wildman–Crippen MR) is 82.1 cm³/mol. The molecule has 0 aliphatic carbocycles. The lowest BCUT2D eigenvalue weighted by Gasteiger charge is -2.22. The second-order valence-electron chi connectivity index (χ2n) is 5.38. The number of rotatable bonds is 3. The Morgan fingerprint density at radius 1 is 1.05 bits per heavy atom. The molecule has 1 aromatic heterocycles. The fourth-order valence-electron chi connectivity index (χ4n) is 1.67. The van der Waals surface area contributed by atoms with Gasteiger partial charge < -0.3 is 10.6 Å². The van der Waals surface area contributed by atoms with E-state index in [2.05, 4.69) is 31.4 Å². The van der Waals surface area contributed by atoms with E-state index in [1.807, 2.05) is 41.8 Å². The van der Waals surface area contributed by atoms with Crippen LogP contribution in [-0.4, -0.2) is 11.4 Å². The van der Waals surface area contributed by atoms with Crippen molar-refractivity contribution in [2.75, 3.05) is 10.6 Å². The first-order valence-electron chi connectivity index (χ1n) is 6.17. The fourth-order valence-corrected chi connectivity index (χ4v) is 2.29. The lowest BCUT2D eigenvalue weighted by atomic mass is 10.1. The Hall–Kier alpha value is -1.81. The van der Waals surface area contributed by atoms with E-state index in [-0.39, 0.29) is 11.4 Å². The topological polar surface area (TPSA) is 41.1 Å². The van der Waals surface area contributed by atoms with Crippen LogP contribution in [0.4, 0.5) is 11.4 Å². The lowest BCUT2D eigenvalue weighted by molar-refractivity contribution is 0.103. The number of nitrogens with one attached hydrogen (secondary N) is 2. The zero-order chi connectivity index (χ0) is 13.9. The summed E-state index contributed by atoms with van der Waals surface area (Å²) in [6.45, 7) is 6.33. The molecular weight excluding hydrogens is 256 g/mol. The number of thiophene rings is 1. The SMILES string of the molecule is CC(C)(C)Nc1ccc(NC(=O)c2cccs2)cc1. The van der Waals surface area contributed by atoms with Gasteiger partial charge in [0.1, 0.15) is 0 Å². The summed E-state index contributed by atoms with van der Waals surface area (Å²) in [5.74, 6) is -0.0634. The maximum absolute atomic E-state index is 11.9. The molecule has 1 aromatic carbocycles. The average molecular weight is 274 g/mol. The molecule has 0 spiro atoms. The van der Waals surface area contributed by atoms with Crippen LogP contribution >= 0.6 is 11.3 Å². The van der Waals surface area contributed by atoms with Crippen LogP contribution < -0.4 is 10.6 Å². The van der Waals surface area contributed by atoms with Crippen molar-refractivity contribution in [3.8, 4) is 0 Å². The summed E-state index contributed by atoms with van der Waals surface area (Å²) >= 11 is 1.44. The molecule has 19 heavy (non-hydrogen) atoms. The van der Waals surface area contributed by atoms with Gasteiger partial charge in [0.05, 0.1) is 4.88 Å². The number of hydrogen-bond donors (Lipinski definition) is 2. The van der Waals surface area contributed by atoms with Crippen molar-refractivity contribution in [1.82, 2.24) is 0 Å². The van der Waals surface area contributed by atoms with Crippen LogP contribution in [0, 0.1) is 0 Å². The molecule has 100 valence electrons. The Morgan fingerprint density at radius 3 is 2.21 bits per heavy atom. The first-order chi connectivity index (χ1) is 8.94. The maximum Gasteiger partial charge on any atom is 0.265 e. The molecule has 0 radical (unpaired) electrons. The molecule has 0 saturated carbocycles. The molecule has 0 aliphatic rings. The van der Waals surface area contributed by atoms with Crippen molar-refractivity contribution in [1.29, 1.82) is 0 Å². The first kappa shape index (κ1) is 13.6. The lowest BCUT2D eigenvalue weighted by Crippen LogP contribution is -2.25. The van der Waals surface area contributed by atoms with E-state index in [1.165, 1.54) is 11.3 Å². The zero-order valence-corrected chi connectivity index (χ0v) is 12.2. The highest BCUT2D eigenvalue weighted by atomic mass is 32.1. The number of hydrogen-bond acceptors (Lipinski definition) is 3. The third-order valence-corrected chi connectivity index (χ3v) is 3.28. The van der Waals surface area contributed by atoms with Crippen molar-refractivity contribution < 1.29 is 4.79 Å². The largest absolute Gasteiger partial charge is 0.380 e. The Bertz CT molecular complexity index is 539. The minimum Gasteiger partial charge on any atom is -0.380 e. The highest BCUT2D eigenvalue weighted by molar-refractivity contribution is 7.12. The molecule has 0 atom stereocenters. The van der Waals surface area contributed by atoms with Crippen molar-refractivity contribution >= 4 is 28.6 Å². The van der Waals surface area contributed by atoms with Gasteiger partial charge in [-0.1, -0.05) is 6.07 Å². The third-order valence-electron chi connectivity index (χ3n) is 2.41. The Labute approximate surface area is 117 Å². The van der Waals surface area contributed by atoms with Crippen LogP contribution in [0.2, 0.25) is 0 Å². The Kier molecular flexibility index (Phi) is 3.90. The van der Waals surface area contributed by atoms with Crippen LogP contribution in [0.3, 0.4) is 0 Å². The van der Waals surface area contributed by atoms with Gasteiger partial charge in [-0.3, -0.25) is 4.79 Å². The summed E-state index contributed by atoms with van der Waals surface area (Å²) in [5, 5.41) is 8.15. The molecule has 2 N–H and O–H groups in total. The van der Waals surface area contributed by atoms with Crippen LogP contribution in [0.25, 0.3) is 0 Å². The fraction of sp³-hybridized carbons (Fsp3) is 0.267. The van der Waals surface area contributed by atoms with Crippen molar-refractivity contribution in [2.45, 2.75) is 26.3 Å². The van der Waals surface area contributed by atoms with E-state index in [1.54, 1.807) is 0 Å². The van der Waals surface area contributed by atoms with Crippen LogP contribution in [0.15, 0.2) is 41.8 Å². The molecule has 2 aromatic rings. The predicted octanol–water partition coefficient (Wildman–Crippen LogP) is 4.21. The summed E-state index contributed by atoms with van der Waals surface area (Å²) < 4.78 is 0. The van der Waals surface area contributed by atoms with Gasteiger partial charge in [0.2, 0.25) is 0 Å². The van der Waals surface area contributed by atoms with Gasteiger partial charge in [-0.2, -0.15) is 0 Å². The number of amides is 1. The molecule has 0 unspecified atom stereocenters. The molecule has 1 amide bonds. The van der Waals surface area contributed by atoms with Crippen LogP contribution in [-0.2, 0) is 0 Å². The third kappa shape index (κ3) is 4.10. The van der Waals surface area contributed by atoms with E-state index >= 15 is 0 Å². The van der Waals surface area contributed by atoms with E-state index < -0.39 is 0 Å². The van der Waals surface area contributed by atoms with Crippen LogP contribution in [0.5, 0.6) is 0 Å². The number of anilines is 2. The highest BCUT2D eigenvalue weighted by Gasteiger charge is 2.10. The highest BCUT2D eigenvalue weighted by Crippen LogP contribution is 2.19. The molecule has 1 heterocycles. The van der Waals surface area contributed by atoms with E-state index in [0.29, 0.717) is 0 Å². The van der Waals surface area contributed by atoms with Gasteiger partial charge in [0.15, 0.2) is 0 Å². The minimum absolute atomic E-state index is 0.0295. The molecular formula is C15H18N2OS. The molecule has 0 fully saturated rings. The zero-order valence-electron chi connectivity index (χ0n) is 11.4. The molecule has 3 nitrogen and oxygen atoms in total. The van der Waals surface area contributed by atoms with Crippen molar-refractivity contribution in [3.63, 3.8) is 0 Å². The molecule has 4 heteroatoms. The minimum atomic E-state index is -0.0634. The first-order valence-corrected chi connectivity index (χ1v) is 7.05. The molecule has 2 rings (SSSR count). The summed E-state index contributed by atoms with van der Waals surface area (Å²) in [6.07, 6.45) is 0. The van der Waals surface area contributed by atoms with Gasteiger partial charge in [-0.15, -0.1) is 11.3 Å². The average Bonchev–Trinajstić information content (AvgIpc) is 2.83. The monoisotopic (exact) mass is 274 g/mol. The van der Waals surface area contributed by atoms with Gasteiger partial charge in [-0.05, 0) is 56.5 Å². The van der Waals surface area contributed by atoms with Crippen molar-refractivity contribution in [3.05, 3.63) is 46.7 Å². The molecule has 0 bridgehead atoms. The van der Waals surface area contributed by atoms with E-state index in [9.17, 15) is 4.79 Å². The quantitative estimate of drug-likeness (QED) is 0.880. The normalized spacial score (nSPS) is 11.1. The van der Waals surface area contributed by atoms with Gasteiger partial charge in [0.25, 0.3) is 5.91 Å². The standard InChI is InChI=1S/C15H18N2OS/c1-15(2,3)17-12-8-6-11(7-9-12)16-14(18)13-5-4-10-19-13/h4-10,17H,1-3H3,(H,16,18). The molecule has 0 aliphatic heterocycles. The second kappa shape index (κ2) is 5.45. The summed E-state index contributed by atoms with van der Waals surface area (Å²) in [7, 11) is 0. The second-order valence-corrected chi connectivity index (χ2v) is 6.33. The smallest absolute Gasteiger partial charge is 0.265 e. The summed E-state index contributed by atoms with van der Waals surface area (Å²) in [5.41, 5.74) is 1.88.